The minimum atomic E-state index is -0.00446. The van der Waals surface area contributed by atoms with Crippen LogP contribution in [0.1, 0.15) is 5.76 Å². The summed E-state index contributed by atoms with van der Waals surface area (Å²) in [7, 11) is 0. The monoisotopic (exact) mass is 350 g/mol. The van der Waals surface area contributed by atoms with E-state index in [-0.39, 0.29) is 5.91 Å². The molecule has 1 amide bonds. The smallest absolute Gasteiger partial charge is 0.246 e. The fraction of sp³-hybridized carbons (Fsp3) is 0.235. The fourth-order valence-electron chi connectivity index (χ4n) is 2.51. The van der Waals surface area contributed by atoms with Gasteiger partial charge >= 0.3 is 0 Å². The molecule has 1 aromatic heterocycles. The highest BCUT2D eigenvalue weighted by Gasteiger charge is 2.20. The summed E-state index contributed by atoms with van der Waals surface area (Å²) in [6.45, 7) is 2.86. The molecule has 0 spiro atoms. The summed E-state index contributed by atoms with van der Waals surface area (Å²) >= 11 is 12.0. The van der Waals surface area contributed by atoms with Gasteiger partial charge in [-0.25, -0.2) is 0 Å². The molecule has 0 atom stereocenters. The van der Waals surface area contributed by atoms with Crippen LogP contribution >= 0.6 is 23.2 Å². The van der Waals surface area contributed by atoms with Crippen molar-refractivity contribution in [2.24, 2.45) is 0 Å². The average Bonchev–Trinajstić information content (AvgIpc) is 3.09. The van der Waals surface area contributed by atoms with E-state index < -0.39 is 0 Å². The first-order chi connectivity index (χ1) is 11.1. The Morgan fingerprint density at radius 1 is 1.09 bits per heavy atom. The molecule has 2 aromatic rings. The van der Waals surface area contributed by atoms with Gasteiger partial charge in [-0.1, -0.05) is 23.2 Å². The molecule has 0 bridgehead atoms. The molecule has 1 fully saturated rings. The van der Waals surface area contributed by atoms with E-state index >= 15 is 0 Å². The largest absolute Gasteiger partial charge is 0.465 e. The van der Waals surface area contributed by atoms with Gasteiger partial charge in [-0.3, -0.25) is 4.79 Å². The molecule has 4 nitrogen and oxygen atoms in total. The first kappa shape index (κ1) is 16.0. The first-order valence-electron chi connectivity index (χ1n) is 7.34. The predicted octanol–water partition coefficient (Wildman–Crippen LogP) is 3.95. The van der Waals surface area contributed by atoms with Crippen molar-refractivity contribution in [3.8, 4) is 0 Å². The van der Waals surface area contributed by atoms with E-state index in [0.717, 1.165) is 18.8 Å². The summed E-state index contributed by atoms with van der Waals surface area (Å²) in [6.07, 6.45) is 4.82. The van der Waals surface area contributed by atoms with Crippen molar-refractivity contribution in [2.45, 2.75) is 0 Å². The Morgan fingerprint density at radius 3 is 2.52 bits per heavy atom. The highest BCUT2D eigenvalue weighted by Crippen LogP contribution is 2.27. The van der Waals surface area contributed by atoms with Crippen LogP contribution in [0.2, 0.25) is 10.0 Å². The van der Waals surface area contributed by atoms with Gasteiger partial charge in [0, 0.05) is 37.9 Å². The minimum absolute atomic E-state index is 0.00446. The minimum Gasteiger partial charge on any atom is -0.465 e. The van der Waals surface area contributed by atoms with Crippen LogP contribution < -0.4 is 4.90 Å². The number of hydrogen-bond acceptors (Lipinski definition) is 3. The Labute approximate surface area is 144 Å². The van der Waals surface area contributed by atoms with Crippen LogP contribution in [-0.4, -0.2) is 37.0 Å². The molecule has 1 aromatic carbocycles. The number of rotatable bonds is 3. The number of furan rings is 1. The maximum atomic E-state index is 12.2. The summed E-state index contributed by atoms with van der Waals surface area (Å²) in [6, 6.07) is 9.20. The number of piperazine rings is 1. The zero-order valence-electron chi connectivity index (χ0n) is 12.4. The number of carbonyl (C=O) groups is 1. The summed E-state index contributed by atoms with van der Waals surface area (Å²) < 4.78 is 5.18. The predicted molar refractivity (Wildman–Crippen MR) is 93.0 cm³/mol. The van der Waals surface area contributed by atoms with Crippen molar-refractivity contribution in [2.75, 3.05) is 31.1 Å². The SMILES string of the molecule is O=C(C=Cc1ccco1)N1CCN(c2ccc(Cl)c(Cl)c2)CC1. The molecule has 3 rings (SSSR count). The molecule has 120 valence electrons. The summed E-state index contributed by atoms with van der Waals surface area (Å²) in [5, 5.41) is 1.09. The van der Waals surface area contributed by atoms with Crippen molar-refractivity contribution in [1.82, 2.24) is 4.90 Å². The van der Waals surface area contributed by atoms with Crippen molar-refractivity contribution >= 4 is 40.9 Å². The number of hydrogen-bond donors (Lipinski definition) is 0. The normalized spacial score (nSPS) is 15.4. The Morgan fingerprint density at radius 2 is 1.87 bits per heavy atom. The van der Waals surface area contributed by atoms with E-state index in [1.54, 1.807) is 30.5 Å². The van der Waals surface area contributed by atoms with Crippen LogP contribution in [0.4, 0.5) is 5.69 Å². The van der Waals surface area contributed by atoms with Crippen LogP contribution in [0.25, 0.3) is 6.08 Å². The lowest BCUT2D eigenvalue weighted by molar-refractivity contribution is -0.126. The molecular weight excluding hydrogens is 335 g/mol. The molecule has 0 aliphatic carbocycles. The Balaban J connectivity index is 1.57. The van der Waals surface area contributed by atoms with Crippen LogP contribution in [0.15, 0.2) is 47.1 Å². The van der Waals surface area contributed by atoms with Gasteiger partial charge in [0.05, 0.1) is 16.3 Å². The third-order valence-electron chi connectivity index (χ3n) is 3.79. The number of benzene rings is 1. The lowest BCUT2D eigenvalue weighted by Gasteiger charge is -2.35. The average molecular weight is 351 g/mol. The zero-order valence-corrected chi connectivity index (χ0v) is 13.9. The number of carbonyl (C=O) groups excluding carboxylic acids is 1. The van der Waals surface area contributed by atoms with E-state index in [1.807, 2.05) is 23.1 Å². The Bertz CT molecular complexity index is 705. The molecule has 0 radical (unpaired) electrons. The number of nitrogens with zero attached hydrogens (tertiary/aromatic N) is 2. The molecule has 1 saturated heterocycles. The van der Waals surface area contributed by atoms with Crippen LogP contribution in [0.3, 0.4) is 0 Å². The van der Waals surface area contributed by atoms with Crippen LogP contribution in [0, 0.1) is 0 Å². The lowest BCUT2D eigenvalue weighted by Crippen LogP contribution is -2.48. The molecule has 0 saturated carbocycles. The van der Waals surface area contributed by atoms with Crippen molar-refractivity contribution in [3.05, 3.63) is 58.5 Å². The molecule has 0 N–H and O–H groups in total. The van der Waals surface area contributed by atoms with Crippen molar-refractivity contribution in [1.29, 1.82) is 0 Å². The van der Waals surface area contributed by atoms with E-state index in [1.165, 1.54) is 0 Å². The van der Waals surface area contributed by atoms with E-state index in [0.29, 0.717) is 28.9 Å². The van der Waals surface area contributed by atoms with Crippen LogP contribution in [-0.2, 0) is 4.79 Å². The lowest BCUT2D eigenvalue weighted by atomic mass is 10.2. The molecule has 6 heteroatoms. The molecular formula is C17H16Cl2N2O2. The topological polar surface area (TPSA) is 36.7 Å². The molecule has 23 heavy (non-hydrogen) atoms. The van der Waals surface area contributed by atoms with E-state index in [2.05, 4.69) is 4.90 Å². The second kappa shape index (κ2) is 7.11. The van der Waals surface area contributed by atoms with Crippen molar-refractivity contribution < 1.29 is 9.21 Å². The third kappa shape index (κ3) is 3.89. The van der Waals surface area contributed by atoms with Gasteiger partial charge < -0.3 is 14.2 Å². The van der Waals surface area contributed by atoms with Gasteiger partial charge in [0.25, 0.3) is 0 Å². The summed E-state index contributed by atoms with van der Waals surface area (Å²) in [5.74, 6) is 0.669. The number of amides is 1. The van der Waals surface area contributed by atoms with Crippen molar-refractivity contribution in [3.63, 3.8) is 0 Å². The Hall–Kier alpha value is -1.91. The van der Waals surface area contributed by atoms with Gasteiger partial charge in [0.1, 0.15) is 5.76 Å². The quantitative estimate of drug-likeness (QED) is 0.786. The summed E-state index contributed by atoms with van der Waals surface area (Å²) in [4.78, 5) is 16.2. The number of halogens is 2. The standard InChI is InChI=1S/C17H16Cl2N2O2/c18-15-5-3-13(12-16(15)19)20-7-9-21(10-8-20)17(22)6-4-14-2-1-11-23-14/h1-6,11-12H,7-10H2. The van der Waals surface area contributed by atoms with Gasteiger partial charge in [-0.05, 0) is 36.4 Å². The highest BCUT2D eigenvalue weighted by molar-refractivity contribution is 6.42. The maximum absolute atomic E-state index is 12.2. The van der Waals surface area contributed by atoms with Gasteiger partial charge in [0.15, 0.2) is 0 Å². The first-order valence-corrected chi connectivity index (χ1v) is 8.09. The fourth-order valence-corrected chi connectivity index (χ4v) is 2.80. The summed E-state index contributed by atoms with van der Waals surface area (Å²) in [5.41, 5.74) is 1.03. The third-order valence-corrected chi connectivity index (χ3v) is 4.53. The highest BCUT2D eigenvalue weighted by atomic mass is 35.5. The molecule has 1 aliphatic rings. The molecule has 2 heterocycles. The van der Waals surface area contributed by atoms with E-state index in [4.69, 9.17) is 27.6 Å². The zero-order chi connectivity index (χ0) is 16.2. The Kier molecular flexibility index (Phi) is 4.94. The molecule has 1 aliphatic heterocycles. The van der Waals surface area contributed by atoms with Gasteiger partial charge in [0.2, 0.25) is 5.91 Å². The van der Waals surface area contributed by atoms with E-state index in [9.17, 15) is 4.79 Å². The van der Waals surface area contributed by atoms with Crippen LogP contribution in [0.5, 0.6) is 0 Å². The second-order valence-electron chi connectivity index (χ2n) is 5.26. The number of anilines is 1. The second-order valence-corrected chi connectivity index (χ2v) is 6.07. The van der Waals surface area contributed by atoms with Gasteiger partial charge in [-0.15, -0.1) is 0 Å². The van der Waals surface area contributed by atoms with Gasteiger partial charge in [-0.2, -0.15) is 0 Å². The maximum Gasteiger partial charge on any atom is 0.246 e. The molecule has 0 unspecified atom stereocenters.